The average Bonchev–Trinajstić information content (AvgIpc) is 2.28. The van der Waals surface area contributed by atoms with Crippen molar-refractivity contribution in [2.75, 3.05) is 5.32 Å². The standard InChI is InChI=1S/C14H18ClNO5/c1-14(2,3)21-13(20)16-10-5-4-8(6-9(10)15)11(17)7-12(18)19/h4-6,11,17H,7H2,1-3H3,(H,16,20)(H,18,19). The van der Waals surface area contributed by atoms with Crippen molar-refractivity contribution in [2.24, 2.45) is 0 Å². The summed E-state index contributed by atoms with van der Waals surface area (Å²) in [5.74, 6) is -1.12. The van der Waals surface area contributed by atoms with Crippen LogP contribution in [-0.4, -0.2) is 27.9 Å². The van der Waals surface area contributed by atoms with E-state index in [1.54, 1.807) is 20.8 Å². The molecule has 0 aliphatic rings. The van der Waals surface area contributed by atoms with Crippen molar-refractivity contribution in [1.82, 2.24) is 0 Å². The summed E-state index contributed by atoms with van der Waals surface area (Å²) in [6.07, 6.45) is -2.23. The Labute approximate surface area is 127 Å². The minimum atomic E-state index is -1.16. The van der Waals surface area contributed by atoms with Gasteiger partial charge in [0.1, 0.15) is 5.60 Å². The maximum atomic E-state index is 11.6. The largest absolute Gasteiger partial charge is 0.481 e. The van der Waals surface area contributed by atoms with Gasteiger partial charge >= 0.3 is 12.1 Å². The van der Waals surface area contributed by atoms with Crippen LogP contribution in [0.2, 0.25) is 5.02 Å². The molecule has 0 heterocycles. The third kappa shape index (κ3) is 6.01. The summed E-state index contributed by atoms with van der Waals surface area (Å²) in [4.78, 5) is 22.2. The highest BCUT2D eigenvalue weighted by Crippen LogP contribution is 2.27. The van der Waals surface area contributed by atoms with Gasteiger partial charge in [-0.15, -0.1) is 0 Å². The van der Waals surface area contributed by atoms with Crippen molar-refractivity contribution in [2.45, 2.75) is 38.9 Å². The molecule has 7 heteroatoms. The summed E-state index contributed by atoms with van der Waals surface area (Å²) in [7, 11) is 0. The fourth-order valence-corrected chi connectivity index (χ4v) is 1.77. The number of aliphatic carboxylic acids is 1. The second-order valence-electron chi connectivity index (χ2n) is 5.48. The predicted octanol–water partition coefficient (Wildman–Crippen LogP) is 3.20. The number of carboxylic acid groups (broad SMARTS) is 1. The van der Waals surface area contributed by atoms with Crippen LogP contribution in [0.3, 0.4) is 0 Å². The number of halogens is 1. The summed E-state index contributed by atoms with van der Waals surface area (Å²) >= 11 is 6.00. The summed E-state index contributed by atoms with van der Waals surface area (Å²) in [5, 5.41) is 21.0. The average molecular weight is 316 g/mol. The SMILES string of the molecule is CC(C)(C)OC(=O)Nc1ccc(C(O)CC(=O)O)cc1Cl. The van der Waals surface area contributed by atoms with E-state index in [4.69, 9.17) is 21.4 Å². The Balaban J connectivity index is 2.79. The van der Waals surface area contributed by atoms with Crippen LogP contribution in [0.5, 0.6) is 0 Å². The lowest BCUT2D eigenvalue weighted by Crippen LogP contribution is -2.27. The van der Waals surface area contributed by atoms with Gasteiger partial charge in [-0.05, 0) is 38.5 Å². The Bertz CT molecular complexity index is 539. The number of nitrogens with one attached hydrogen (secondary N) is 1. The number of rotatable bonds is 4. The molecule has 0 saturated carbocycles. The van der Waals surface area contributed by atoms with Crippen LogP contribution in [0.1, 0.15) is 38.9 Å². The van der Waals surface area contributed by atoms with E-state index in [0.717, 1.165) is 0 Å². The minimum Gasteiger partial charge on any atom is -0.481 e. The molecule has 1 rings (SSSR count). The van der Waals surface area contributed by atoms with E-state index in [-0.39, 0.29) is 5.02 Å². The van der Waals surface area contributed by atoms with Crippen molar-refractivity contribution >= 4 is 29.4 Å². The smallest absolute Gasteiger partial charge is 0.412 e. The first-order chi connectivity index (χ1) is 9.58. The zero-order valence-electron chi connectivity index (χ0n) is 12.0. The number of hydrogen-bond acceptors (Lipinski definition) is 4. The molecule has 6 nitrogen and oxygen atoms in total. The topological polar surface area (TPSA) is 95.9 Å². The number of carbonyl (C=O) groups excluding carboxylic acids is 1. The fraction of sp³-hybridized carbons (Fsp3) is 0.429. The lowest BCUT2D eigenvalue weighted by Gasteiger charge is -2.20. The van der Waals surface area contributed by atoms with E-state index >= 15 is 0 Å². The van der Waals surface area contributed by atoms with E-state index in [1.807, 2.05) is 0 Å². The lowest BCUT2D eigenvalue weighted by atomic mass is 10.1. The summed E-state index contributed by atoms with van der Waals surface area (Å²) in [6, 6.07) is 4.38. The third-order valence-electron chi connectivity index (χ3n) is 2.38. The molecule has 0 spiro atoms. The molecular weight excluding hydrogens is 298 g/mol. The number of anilines is 1. The van der Waals surface area contributed by atoms with E-state index in [2.05, 4.69) is 5.32 Å². The van der Waals surface area contributed by atoms with Crippen LogP contribution in [0.25, 0.3) is 0 Å². The second kappa shape index (κ2) is 6.78. The van der Waals surface area contributed by atoms with E-state index in [0.29, 0.717) is 11.3 Å². The van der Waals surface area contributed by atoms with Crippen LogP contribution >= 0.6 is 11.6 Å². The zero-order chi connectivity index (χ0) is 16.2. The Morgan fingerprint density at radius 1 is 1.38 bits per heavy atom. The van der Waals surface area contributed by atoms with Crippen LogP contribution in [0.15, 0.2) is 18.2 Å². The molecule has 1 aromatic carbocycles. The number of carbonyl (C=O) groups is 2. The molecule has 1 amide bonds. The quantitative estimate of drug-likeness (QED) is 0.793. The molecule has 0 aliphatic carbocycles. The second-order valence-corrected chi connectivity index (χ2v) is 5.89. The van der Waals surface area contributed by atoms with Crippen LogP contribution < -0.4 is 5.32 Å². The van der Waals surface area contributed by atoms with E-state index in [1.165, 1.54) is 18.2 Å². The van der Waals surface area contributed by atoms with Gasteiger partial charge in [0, 0.05) is 0 Å². The van der Waals surface area contributed by atoms with Crippen LogP contribution in [0, 0.1) is 0 Å². The first kappa shape index (κ1) is 17.3. The number of aliphatic hydroxyl groups is 1. The normalized spacial score (nSPS) is 12.6. The molecule has 21 heavy (non-hydrogen) atoms. The number of aliphatic hydroxyl groups excluding tert-OH is 1. The molecule has 0 aromatic heterocycles. The summed E-state index contributed by atoms with van der Waals surface area (Å²) < 4.78 is 5.09. The Morgan fingerprint density at radius 3 is 2.48 bits per heavy atom. The van der Waals surface area contributed by atoms with E-state index in [9.17, 15) is 14.7 Å². The van der Waals surface area contributed by atoms with Crippen molar-refractivity contribution in [3.63, 3.8) is 0 Å². The molecular formula is C14H18ClNO5. The van der Waals surface area contributed by atoms with Crippen molar-refractivity contribution in [3.8, 4) is 0 Å². The van der Waals surface area contributed by atoms with Crippen molar-refractivity contribution in [3.05, 3.63) is 28.8 Å². The summed E-state index contributed by atoms with van der Waals surface area (Å²) in [6.45, 7) is 5.21. The van der Waals surface area contributed by atoms with Gasteiger partial charge in [0.25, 0.3) is 0 Å². The minimum absolute atomic E-state index is 0.183. The van der Waals surface area contributed by atoms with Crippen LogP contribution in [0.4, 0.5) is 10.5 Å². The van der Waals surface area contributed by atoms with Gasteiger partial charge in [-0.1, -0.05) is 17.7 Å². The first-order valence-corrected chi connectivity index (χ1v) is 6.65. The lowest BCUT2D eigenvalue weighted by molar-refractivity contribution is -0.139. The highest BCUT2D eigenvalue weighted by molar-refractivity contribution is 6.33. The molecule has 0 radical (unpaired) electrons. The number of hydrogen-bond donors (Lipinski definition) is 3. The van der Waals surface area contributed by atoms with Gasteiger partial charge in [-0.25, -0.2) is 4.79 Å². The Kier molecular flexibility index (Phi) is 5.57. The molecule has 1 aromatic rings. The number of amides is 1. The highest BCUT2D eigenvalue weighted by Gasteiger charge is 2.18. The molecule has 1 atom stereocenters. The molecule has 1 unspecified atom stereocenters. The van der Waals surface area contributed by atoms with E-state index < -0.39 is 30.2 Å². The molecule has 3 N–H and O–H groups in total. The number of benzene rings is 1. The van der Waals surface area contributed by atoms with Gasteiger partial charge in [-0.2, -0.15) is 0 Å². The van der Waals surface area contributed by atoms with Gasteiger partial charge in [0.2, 0.25) is 0 Å². The molecule has 116 valence electrons. The Morgan fingerprint density at radius 2 is 2.00 bits per heavy atom. The molecule has 0 saturated heterocycles. The maximum Gasteiger partial charge on any atom is 0.412 e. The van der Waals surface area contributed by atoms with Gasteiger partial charge in [0.15, 0.2) is 0 Å². The van der Waals surface area contributed by atoms with Gasteiger partial charge < -0.3 is 14.9 Å². The summed E-state index contributed by atoms with van der Waals surface area (Å²) in [5.41, 5.74) is 0.0445. The van der Waals surface area contributed by atoms with Crippen molar-refractivity contribution < 1.29 is 24.5 Å². The third-order valence-corrected chi connectivity index (χ3v) is 2.69. The Hall–Kier alpha value is -1.79. The number of ether oxygens (including phenoxy) is 1. The molecule has 0 bridgehead atoms. The fourth-order valence-electron chi connectivity index (χ4n) is 1.54. The first-order valence-electron chi connectivity index (χ1n) is 6.28. The van der Waals surface area contributed by atoms with Crippen LogP contribution in [-0.2, 0) is 9.53 Å². The highest BCUT2D eigenvalue weighted by atomic mass is 35.5. The molecule has 0 aliphatic heterocycles. The number of carboxylic acids is 1. The van der Waals surface area contributed by atoms with Gasteiger partial charge in [0.05, 0.1) is 23.2 Å². The zero-order valence-corrected chi connectivity index (χ0v) is 12.8. The maximum absolute atomic E-state index is 11.6. The molecule has 0 fully saturated rings. The van der Waals surface area contributed by atoms with Gasteiger partial charge in [-0.3, -0.25) is 10.1 Å². The van der Waals surface area contributed by atoms with Crippen molar-refractivity contribution in [1.29, 1.82) is 0 Å². The predicted molar refractivity (Wildman–Crippen MR) is 78.5 cm³/mol. The monoisotopic (exact) mass is 315 g/mol.